The number of Topliss-reactive ketones (excluding diaryl/α,β-unsaturated/α-hetero) is 1. The van der Waals surface area contributed by atoms with E-state index >= 15 is 0 Å². The average Bonchev–Trinajstić information content (AvgIpc) is 2.27. The molecule has 0 heterocycles. The first-order chi connectivity index (χ1) is 7.08. The van der Waals surface area contributed by atoms with Crippen LogP contribution in [0.5, 0.6) is 0 Å². The second-order valence-electron chi connectivity index (χ2n) is 2.96. The summed E-state index contributed by atoms with van der Waals surface area (Å²) < 4.78 is 4.51. The van der Waals surface area contributed by atoms with Crippen LogP contribution in [0.15, 0.2) is 18.2 Å². The number of benzene rings is 1. The van der Waals surface area contributed by atoms with E-state index in [0.717, 1.165) is 0 Å². The molecule has 76 valence electrons. The Morgan fingerprint density at radius 1 is 1.27 bits per heavy atom. The predicted octanol–water partition coefficient (Wildman–Crippen LogP) is 1.55. The van der Waals surface area contributed by atoms with E-state index in [0.29, 0.717) is 5.56 Å². The summed E-state index contributed by atoms with van der Waals surface area (Å²) in [5, 5.41) is 8.71. The number of hydrogen-bond acceptors (Lipinski definition) is 4. The Morgan fingerprint density at radius 2 is 1.87 bits per heavy atom. The van der Waals surface area contributed by atoms with E-state index in [2.05, 4.69) is 4.74 Å². The summed E-state index contributed by atoms with van der Waals surface area (Å²) in [6.45, 7) is 1.37. The summed E-state index contributed by atoms with van der Waals surface area (Å²) >= 11 is 0. The number of methoxy groups -OCH3 is 1. The van der Waals surface area contributed by atoms with Crippen LogP contribution in [0, 0.1) is 11.3 Å². The van der Waals surface area contributed by atoms with Crippen LogP contribution in [-0.2, 0) is 4.74 Å². The van der Waals surface area contributed by atoms with Crippen molar-refractivity contribution >= 4 is 11.8 Å². The van der Waals surface area contributed by atoms with E-state index in [1.807, 2.05) is 6.07 Å². The van der Waals surface area contributed by atoms with Crippen molar-refractivity contribution in [2.24, 2.45) is 0 Å². The van der Waals surface area contributed by atoms with Crippen molar-refractivity contribution in [1.29, 1.82) is 5.26 Å². The molecule has 15 heavy (non-hydrogen) atoms. The maximum atomic E-state index is 11.2. The van der Waals surface area contributed by atoms with E-state index in [4.69, 9.17) is 5.26 Å². The molecule has 0 spiro atoms. The molecule has 0 radical (unpaired) electrons. The minimum atomic E-state index is -0.561. The fourth-order valence-electron chi connectivity index (χ4n) is 1.13. The molecular formula is C11H9NO3. The van der Waals surface area contributed by atoms with Crippen molar-refractivity contribution < 1.29 is 14.3 Å². The lowest BCUT2D eigenvalue weighted by molar-refractivity contribution is 0.0600. The zero-order valence-corrected chi connectivity index (χ0v) is 8.40. The van der Waals surface area contributed by atoms with Gasteiger partial charge in [-0.1, -0.05) is 0 Å². The van der Waals surface area contributed by atoms with Crippen LogP contribution in [0.1, 0.15) is 33.2 Å². The van der Waals surface area contributed by atoms with Gasteiger partial charge >= 0.3 is 5.97 Å². The van der Waals surface area contributed by atoms with Crippen LogP contribution in [-0.4, -0.2) is 18.9 Å². The number of hydrogen-bond donors (Lipinski definition) is 0. The van der Waals surface area contributed by atoms with Crippen molar-refractivity contribution in [1.82, 2.24) is 0 Å². The van der Waals surface area contributed by atoms with Crippen LogP contribution in [0.4, 0.5) is 0 Å². The average molecular weight is 203 g/mol. The summed E-state index contributed by atoms with van der Waals surface area (Å²) in [7, 11) is 1.24. The number of nitrogens with zero attached hydrogens (tertiary/aromatic N) is 1. The van der Waals surface area contributed by atoms with Crippen LogP contribution < -0.4 is 0 Å². The van der Waals surface area contributed by atoms with Gasteiger partial charge in [0.1, 0.15) is 0 Å². The number of carbonyl (C=O) groups is 2. The largest absolute Gasteiger partial charge is 0.465 e. The number of rotatable bonds is 2. The molecule has 0 aliphatic carbocycles. The van der Waals surface area contributed by atoms with Gasteiger partial charge in [-0.25, -0.2) is 4.79 Å². The Kier molecular flexibility index (Phi) is 3.19. The van der Waals surface area contributed by atoms with E-state index in [1.165, 1.54) is 32.2 Å². The van der Waals surface area contributed by atoms with Crippen LogP contribution in [0.25, 0.3) is 0 Å². The third-order valence-corrected chi connectivity index (χ3v) is 1.89. The number of nitriles is 1. The second-order valence-corrected chi connectivity index (χ2v) is 2.96. The molecule has 0 N–H and O–H groups in total. The van der Waals surface area contributed by atoms with Crippen LogP contribution >= 0.6 is 0 Å². The Balaban J connectivity index is 3.31. The molecule has 0 atom stereocenters. The molecule has 1 aromatic rings. The van der Waals surface area contributed by atoms with Crippen LogP contribution in [0.2, 0.25) is 0 Å². The lowest BCUT2D eigenvalue weighted by atomic mass is 10.0. The Hall–Kier alpha value is -2.15. The van der Waals surface area contributed by atoms with Crippen molar-refractivity contribution in [3.63, 3.8) is 0 Å². The number of carbonyl (C=O) groups excluding carboxylic acids is 2. The Labute approximate surface area is 87.1 Å². The maximum absolute atomic E-state index is 11.2. The summed E-state index contributed by atoms with van der Waals surface area (Å²) in [6.07, 6.45) is 0. The normalized spacial score (nSPS) is 9.13. The van der Waals surface area contributed by atoms with Crippen molar-refractivity contribution in [3.05, 3.63) is 34.9 Å². The number of esters is 1. The molecule has 0 aliphatic rings. The molecule has 0 saturated heterocycles. The van der Waals surface area contributed by atoms with E-state index in [-0.39, 0.29) is 16.9 Å². The molecule has 0 aliphatic heterocycles. The van der Waals surface area contributed by atoms with Gasteiger partial charge in [-0.05, 0) is 25.1 Å². The van der Waals surface area contributed by atoms with Gasteiger partial charge in [0.2, 0.25) is 0 Å². The third kappa shape index (κ3) is 2.41. The molecule has 0 aromatic heterocycles. The van der Waals surface area contributed by atoms with Gasteiger partial charge < -0.3 is 4.74 Å². The predicted molar refractivity (Wildman–Crippen MR) is 52.5 cm³/mol. The molecule has 0 unspecified atom stereocenters. The summed E-state index contributed by atoms with van der Waals surface area (Å²) in [5.41, 5.74) is 0.805. The van der Waals surface area contributed by atoms with Gasteiger partial charge in [0.15, 0.2) is 5.78 Å². The molecule has 0 saturated carbocycles. The van der Waals surface area contributed by atoms with Crippen LogP contribution in [0.3, 0.4) is 0 Å². The van der Waals surface area contributed by atoms with Crippen molar-refractivity contribution in [3.8, 4) is 6.07 Å². The van der Waals surface area contributed by atoms with E-state index in [1.54, 1.807) is 0 Å². The third-order valence-electron chi connectivity index (χ3n) is 1.89. The SMILES string of the molecule is COC(=O)c1cc(C#N)cc(C(C)=O)c1. The smallest absolute Gasteiger partial charge is 0.337 e. The first kappa shape index (κ1) is 10.9. The zero-order valence-electron chi connectivity index (χ0n) is 8.40. The standard InChI is InChI=1S/C11H9NO3/c1-7(13)9-3-8(6-12)4-10(5-9)11(14)15-2/h3-5H,1-2H3. The van der Waals surface area contributed by atoms with Gasteiger partial charge in [-0.2, -0.15) is 5.26 Å². The monoisotopic (exact) mass is 203 g/mol. The lowest BCUT2D eigenvalue weighted by Gasteiger charge is -2.02. The Morgan fingerprint density at radius 3 is 2.33 bits per heavy atom. The molecule has 1 rings (SSSR count). The van der Waals surface area contributed by atoms with Crippen molar-refractivity contribution in [2.45, 2.75) is 6.92 Å². The topological polar surface area (TPSA) is 67.2 Å². The fourth-order valence-corrected chi connectivity index (χ4v) is 1.13. The summed E-state index contributed by atoms with van der Waals surface area (Å²) in [4.78, 5) is 22.3. The van der Waals surface area contributed by atoms with E-state index < -0.39 is 5.97 Å². The quantitative estimate of drug-likeness (QED) is 0.540. The highest BCUT2D eigenvalue weighted by Crippen LogP contribution is 2.11. The minimum absolute atomic E-state index is 0.197. The molecule has 0 amide bonds. The molecule has 0 fully saturated rings. The molecule has 4 nitrogen and oxygen atoms in total. The molecular weight excluding hydrogens is 194 g/mol. The first-order valence-corrected chi connectivity index (χ1v) is 4.23. The highest BCUT2D eigenvalue weighted by Gasteiger charge is 2.10. The molecule has 0 bridgehead atoms. The summed E-state index contributed by atoms with van der Waals surface area (Å²) in [5.74, 6) is -0.758. The van der Waals surface area contributed by atoms with Gasteiger partial charge in [0, 0.05) is 5.56 Å². The van der Waals surface area contributed by atoms with Crippen molar-refractivity contribution in [2.75, 3.05) is 7.11 Å². The van der Waals surface area contributed by atoms with Gasteiger partial charge in [-0.3, -0.25) is 4.79 Å². The Bertz CT molecular complexity index is 457. The zero-order chi connectivity index (χ0) is 11.4. The highest BCUT2D eigenvalue weighted by molar-refractivity contribution is 5.98. The van der Waals surface area contributed by atoms with Gasteiger partial charge in [0.05, 0.1) is 24.3 Å². The van der Waals surface area contributed by atoms with E-state index in [9.17, 15) is 9.59 Å². The highest BCUT2D eigenvalue weighted by atomic mass is 16.5. The maximum Gasteiger partial charge on any atom is 0.337 e. The molecule has 4 heteroatoms. The fraction of sp³-hybridized carbons (Fsp3) is 0.182. The second kappa shape index (κ2) is 4.38. The number of ether oxygens (including phenoxy) is 1. The summed E-state index contributed by atoms with van der Waals surface area (Å²) in [6, 6.07) is 6.12. The minimum Gasteiger partial charge on any atom is -0.465 e. The first-order valence-electron chi connectivity index (χ1n) is 4.23. The lowest BCUT2D eigenvalue weighted by Crippen LogP contribution is -2.04. The van der Waals surface area contributed by atoms with Gasteiger partial charge in [-0.15, -0.1) is 0 Å². The van der Waals surface area contributed by atoms with Gasteiger partial charge in [0.25, 0.3) is 0 Å². The molecule has 1 aromatic carbocycles. The number of ketones is 1.